The van der Waals surface area contributed by atoms with Gasteiger partial charge in [0.2, 0.25) is 0 Å². The second-order valence-corrected chi connectivity index (χ2v) is 9.18. The molecule has 6 nitrogen and oxygen atoms in total. The second-order valence-electron chi connectivity index (χ2n) is 8.77. The molecule has 0 aliphatic carbocycles. The van der Waals surface area contributed by atoms with Crippen molar-refractivity contribution in [2.45, 2.75) is 32.1 Å². The summed E-state index contributed by atoms with van der Waals surface area (Å²) in [5.74, 6) is 0.248. The van der Waals surface area contributed by atoms with Crippen LogP contribution in [0.25, 0.3) is 0 Å². The van der Waals surface area contributed by atoms with Gasteiger partial charge in [-0.25, -0.2) is 0 Å². The van der Waals surface area contributed by atoms with Crippen molar-refractivity contribution in [2.24, 2.45) is 0 Å². The number of hydrogen-bond donors (Lipinski definition) is 2. The Hall–Kier alpha value is -3.71. The van der Waals surface area contributed by atoms with E-state index in [9.17, 15) is 9.59 Å². The van der Waals surface area contributed by atoms with Gasteiger partial charge in [-0.15, -0.1) is 0 Å². The Morgan fingerprint density at radius 1 is 0.861 bits per heavy atom. The van der Waals surface area contributed by atoms with E-state index in [1.807, 2.05) is 41.3 Å². The topological polar surface area (TPSA) is 70.7 Å². The molecule has 1 fully saturated rings. The fourth-order valence-corrected chi connectivity index (χ4v) is 4.41. The predicted octanol–water partition coefficient (Wildman–Crippen LogP) is 5.45. The first kappa shape index (κ1) is 25.4. The molecule has 0 spiro atoms. The number of carbonyl (C=O) groups excluding carboxylic acids is 2. The van der Waals surface area contributed by atoms with Crippen molar-refractivity contribution in [1.29, 1.82) is 0 Å². The van der Waals surface area contributed by atoms with E-state index in [1.54, 1.807) is 30.3 Å². The number of thiocarbonyl (C=S) groups is 1. The summed E-state index contributed by atoms with van der Waals surface area (Å²) in [6, 6.07) is 24.4. The molecule has 0 saturated carbocycles. The lowest BCUT2D eigenvalue weighted by molar-refractivity contribution is 0.0762. The van der Waals surface area contributed by atoms with E-state index in [1.165, 1.54) is 5.56 Å². The highest BCUT2D eigenvalue weighted by Gasteiger charge is 2.20. The summed E-state index contributed by atoms with van der Waals surface area (Å²) in [4.78, 5) is 27.9. The molecule has 1 saturated heterocycles. The quantitative estimate of drug-likeness (QED) is 0.421. The Balaban J connectivity index is 1.34. The molecule has 0 unspecified atom stereocenters. The first-order valence-corrected chi connectivity index (χ1v) is 12.8. The van der Waals surface area contributed by atoms with E-state index in [4.69, 9.17) is 17.0 Å². The molecule has 36 heavy (non-hydrogen) atoms. The van der Waals surface area contributed by atoms with Gasteiger partial charge in [0, 0.05) is 25.1 Å². The van der Waals surface area contributed by atoms with Crippen molar-refractivity contribution >= 4 is 34.8 Å². The number of nitrogens with zero attached hydrogens (tertiary/aromatic N) is 1. The van der Waals surface area contributed by atoms with Crippen LogP contribution in [0.15, 0.2) is 78.9 Å². The van der Waals surface area contributed by atoms with Crippen molar-refractivity contribution < 1.29 is 14.3 Å². The molecule has 0 aromatic heterocycles. The average Bonchev–Trinajstić information content (AvgIpc) is 3.19. The molecule has 2 N–H and O–H groups in total. The number of para-hydroxylation sites is 1. The zero-order chi connectivity index (χ0) is 25.2. The van der Waals surface area contributed by atoms with Gasteiger partial charge >= 0.3 is 0 Å². The molecule has 7 heteroatoms. The largest absolute Gasteiger partial charge is 0.493 e. The number of likely N-dealkylation sites (tertiary alicyclic amines) is 1. The Labute approximate surface area is 217 Å². The van der Waals surface area contributed by atoms with Gasteiger partial charge < -0.3 is 15.0 Å². The van der Waals surface area contributed by atoms with Crippen LogP contribution in [0.5, 0.6) is 5.75 Å². The first-order chi connectivity index (χ1) is 17.6. The van der Waals surface area contributed by atoms with Gasteiger partial charge in [0.1, 0.15) is 5.75 Å². The highest BCUT2D eigenvalue weighted by Crippen LogP contribution is 2.20. The first-order valence-electron chi connectivity index (χ1n) is 12.4. The summed E-state index contributed by atoms with van der Waals surface area (Å²) in [6.07, 6.45) is 5.12. The maximum absolute atomic E-state index is 13.2. The Morgan fingerprint density at radius 3 is 2.36 bits per heavy atom. The summed E-state index contributed by atoms with van der Waals surface area (Å²) in [5, 5.41) is 5.88. The minimum Gasteiger partial charge on any atom is -0.493 e. The third kappa shape index (κ3) is 7.15. The van der Waals surface area contributed by atoms with Gasteiger partial charge in [0.05, 0.1) is 17.9 Å². The maximum Gasteiger partial charge on any atom is 0.257 e. The molecule has 2 amide bonds. The maximum atomic E-state index is 13.2. The van der Waals surface area contributed by atoms with Crippen LogP contribution in [0.2, 0.25) is 0 Å². The highest BCUT2D eigenvalue weighted by atomic mass is 32.1. The van der Waals surface area contributed by atoms with Crippen LogP contribution in [0.3, 0.4) is 0 Å². The van der Waals surface area contributed by atoms with Crippen LogP contribution < -0.4 is 15.4 Å². The summed E-state index contributed by atoms with van der Waals surface area (Å²) >= 11 is 5.39. The number of ether oxygens (including phenoxy) is 1. The Morgan fingerprint density at radius 2 is 1.58 bits per heavy atom. The summed E-state index contributed by atoms with van der Waals surface area (Å²) in [7, 11) is 0. The standard InChI is InChI=1S/C29H31N3O3S/c33-27(23-13-10-14-24(21-23)35-20-17-22-11-4-3-5-12-22)31-29(36)30-26-16-7-6-15-25(26)28(34)32-18-8-1-2-9-19-32/h3-7,10-16,21H,1-2,8-9,17-20H2,(H2,30,31,33,36). The fourth-order valence-electron chi connectivity index (χ4n) is 4.21. The number of benzene rings is 3. The zero-order valence-corrected chi connectivity index (χ0v) is 21.1. The molecule has 1 aliphatic rings. The molecule has 0 radical (unpaired) electrons. The lowest BCUT2D eigenvalue weighted by Crippen LogP contribution is -2.36. The predicted molar refractivity (Wildman–Crippen MR) is 147 cm³/mol. The minimum absolute atomic E-state index is 0.0190. The molecule has 4 rings (SSSR count). The molecule has 0 bridgehead atoms. The lowest BCUT2D eigenvalue weighted by atomic mass is 10.1. The summed E-state index contributed by atoms with van der Waals surface area (Å²) in [6.45, 7) is 2.03. The van der Waals surface area contributed by atoms with E-state index in [-0.39, 0.29) is 16.9 Å². The number of carbonyl (C=O) groups is 2. The van der Waals surface area contributed by atoms with Crippen LogP contribution in [-0.2, 0) is 6.42 Å². The van der Waals surface area contributed by atoms with Crippen molar-refractivity contribution in [1.82, 2.24) is 10.2 Å². The number of hydrogen-bond acceptors (Lipinski definition) is 4. The van der Waals surface area contributed by atoms with Gasteiger partial charge in [0.15, 0.2) is 5.11 Å². The van der Waals surface area contributed by atoms with Crippen LogP contribution in [0.1, 0.15) is 52.0 Å². The van der Waals surface area contributed by atoms with E-state index < -0.39 is 0 Å². The van der Waals surface area contributed by atoms with Crippen LogP contribution >= 0.6 is 12.2 Å². The molecule has 186 valence electrons. The minimum atomic E-state index is -0.350. The number of amides is 2. The summed E-state index contributed by atoms with van der Waals surface area (Å²) in [5.41, 5.74) is 2.75. The van der Waals surface area contributed by atoms with Crippen LogP contribution in [0, 0.1) is 0 Å². The van der Waals surface area contributed by atoms with Gasteiger partial charge in [-0.3, -0.25) is 14.9 Å². The van der Waals surface area contributed by atoms with Crippen LogP contribution in [0.4, 0.5) is 5.69 Å². The molecular formula is C29H31N3O3S. The highest BCUT2D eigenvalue weighted by molar-refractivity contribution is 7.80. The van der Waals surface area contributed by atoms with E-state index in [0.29, 0.717) is 29.2 Å². The number of anilines is 1. The van der Waals surface area contributed by atoms with E-state index >= 15 is 0 Å². The Kier molecular flexibility index (Phi) is 9.05. The molecule has 1 aliphatic heterocycles. The Bertz CT molecular complexity index is 1190. The van der Waals surface area contributed by atoms with Crippen molar-refractivity contribution in [3.05, 3.63) is 95.6 Å². The zero-order valence-electron chi connectivity index (χ0n) is 20.2. The lowest BCUT2D eigenvalue weighted by Gasteiger charge is -2.22. The third-order valence-corrected chi connectivity index (χ3v) is 6.33. The van der Waals surface area contributed by atoms with Crippen molar-refractivity contribution in [2.75, 3.05) is 25.0 Å². The number of nitrogens with one attached hydrogen (secondary N) is 2. The van der Waals surface area contributed by atoms with Crippen molar-refractivity contribution in [3.63, 3.8) is 0 Å². The second kappa shape index (κ2) is 12.8. The van der Waals surface area contributed by atoms with E-state index in [2.05, 4.69) is 22.8 Å². The summed E-state index contributed by atoms with van der Waals surface area (Å²) < 4.78 is 5.84. The fraction of sp³-hybridized carbons (Fsp3) is 0.276. The van der Waals surface area contributed by atoms with Crippen molar-refractivity contribution in [3.8, 4) is 5.75 Å². The monoisotopic (exact) mass is 501 g/mol. The van der Waals surface area contributed by atoms with E-state index in [0.717, 1.165) is 45.2 Å². The van der Waals surface area contributed by atoms with Gasteiger partial charge in [-0.05, 0) is 61.0 Å². The smallest absolute Gasteiger partial charge is 0.257 e. The average molecular weight is 502 g/mol. The number of rotatable bonds is 7. The normalized spacial score (nSPS) is 13.4. The molecule has 3 aromatic rings. The molecule has 0 atom stereocenters. The van der Waals surface area contributed by atoms with Crippen LogP contribution in [-0.4, -0.2) is 41.5 Å². The third-order valence-electron chi connectivity index (χ3n) is 6.12. The van der Waals surface area contributed by atoms with Gasteiger partial charge in [0.25, 0.3) is 11.8 Å². The van der Waals surface area contributed by atoms with Gasteiger partial charge in [-0.1, -0.05) is 61.4 Å². The van der Waals surface area contributed by atoms with Gasteiger partial charge in [-0.2, -0.15) is 0 Å². The molecular weight excluding hydrogens is 470 g/mol. The molecule has 1 heterocycles. The SMILES string of the molecule is O=C(NC(=S)Nc1ccccc1C(=O)N1CCCCCC1)c1cccc(OCCc2ccccc2)c1. The molecule has 3 aromatic carbocycles.